The standard InChI is InChI=1S/C13H19N3O/c1-8(2)15-6-9-10(7-15)13(9)11-5-12-16(14-11)3-4-17-12/h5,8-10,13H,3-4,6-7H2,1-2H3. The molecule has 0 N–H and O–H groups in total. The van der Waals surface area contributed by atoms with E-state index in [4.69, 9.17) is 4.74 Å². The minimum Gasteiger partial charge on any atom is -0.476 e. The monoisotopic (exact) mass is 233 g/mol. The van der Waals surface area contributed by atoms with Crippen LogP contribution in [0.3, 0.4) is 0 Å². The summed E-state index contributed by atoms with van der Waals surface area (Å²) in [6.07, 6.45) is 0. The number of nitrogens with zero attached hydrogens (tertiary/aromatic N) is 3. The van der Waals surface area contributed by atoms with E-state index < -0.39 is 0 Å². The highest BCUT2D eigenvalue weighted by Crippen LogP contribution is 2.58. The van der Waals surface area contributed by atoms with Gasteiger partial charge in [-0.25, -0.2) is 4.68 Å². The third-order valence-electron chi connectivity index (χ3n) is 4.61. The zero-order chi connectivity index (χ0) is 11.6. The first-order valence-corrected chi connectivity index (χ1v) is 6.68. The Balaban J connectivity index is 1.49. The molecule has 4 heteroatoms. The molecule has 1 saturated heterocycles. The van der Waals surface area contributed by atoms with E-state index in [1.165, 1.54) is 18.8 Å². The summed E-state index contributed by atoms with van der Waals surface area (Å²) in [4.78, 5) is 2.59. The van der Waals surface area contributed by atoms with Crippen molar-refractivity contribution in [1.29, 1.82) is 0 Å². The molecular formula is C13H19N3O. The number of likely N-dealkylation sites (tertiary alicyclic amines) is 1. The van der Waals surface area contributed by atoms with Crippen LogP contribution in [0.25, 0.3) is 0 Å². The minimum atomic E-state index is 0.693. The molecule has 1 aliphatic carbocycles. The van der Waals surface area contributed by atoms with Crippen LogP contribution < -0.4 is 4.74 Å². The van der Waals surface area contributed by atoms with E-state index >= 15 is 0 Å². The van der Waals surface area contributed by atoms with Crippen LogP contribution in [0, 0.1) is 11.8 Å². The predicted octanol–water partition coefficient (Wildman–Crippen LogP) is 1.33. The third-order valence-corrected chi connectivity index (χ3v) is 4.61. The Morgan fingerprint density at radius 2 is 2.12 bits per heavy atom. The van der Waals surface area contributed by atoms with Gasteiger partial charge in [-0.05, 0) is 25.7 Å². The van der Waals surface area contributed by atoms with Gasteiger partial charge in [-0.2, -0.15) is 5.10 Å². The lowest BCUT2D eigenvalue weighted by molar-refractivity contribution is 0.242. The van der Waals surface area contributed by atoms with Crippen LogP contribution in [0.4, 0.5) is 0 Å². The fraction of sp³-hybridized carbons (Fsp3) is 0.769. The van der Waals surface area contributed by atoms with Gasteiger partial charge < -0.3 is 9.64 Å². The average Bonchev–Trinajstić information content (AvgIpc) is 2.75. The number of fused-ring (bicyclic) bond motifs is 2. The maximum absolute atomic E-state index is 5.53. The van der Waals surface area contributed by atoms with Gasteiger partial charge in [0.25, 0.3) is 0 Å². The number of piperidine rings is 1. The van der Waals surface area contributed by atoms with Crippen molar-refractivity contribution in [2.75, 3.05) is 19.7 Å². The first kappa shape index (κ1) is 9.95. The highest BCUT2D eigenvalue weighted by Gasteiger charge is 2.57. The summed E-state index contributed by atoms with van der Waals surface area (Å²) in [5.41, 5.74) is 1.28. The summed E-state index contributed by atoms with van der Waals surface area (Å²) in [5.74, 6) is 3.40. The second-order valence-corrected chi connectivity index (χ2v) is 5.88. The average molecular weight is 233 g/mol. The highest BCUT2D eigenvalue weighted by atomic mass is 16.5. The predicted molar refractivity (Wildman–Crippen MR) is 64.2 cm³/mol. The van der Waals surface area contributed by atoms with Crippen molar-refractivity contribution >= 4 is 0 Å². The van der Waals surface area contributed by atoms with Gasteiger partial charge in [0.05, 0.1) is 12.2 Å². The van der Waals surface area contributed by atoms with Crippen molar-refractivity contribution in [2.24, 2.45) is 11.8 Å². The van der Waals surface area contributed by atoms with Crippen molar-refractivity contribution in [3.05, 3.63) is 11.8 Å². The van der Waals surface area contributed by atoms with E-state index in [1.807, 2.05) is 4.68 Å². The Hall–Kier alpha value is -1.03. The Bertz CT molecular complexity index is 420. The normalized spacial score (nSPS) is 34.9. The third kappa shape index (κ3) is 1.36. The zero-order valence-electron chi connectivity index (χ0n) is 10.5. The molecule has 1 saturated carbocycles. The van der Waals surface area contributed by atoms with Crippen LogP contribution in [0.15, 0.2) is 6.07 Å². The van der Waals surface area contributed by atoms with E-state index in [0.29, 0.717) is 12.0 Å². The first-order chi connectivity index (χ1) is 8.24. The maximum Gasteiger partial charge on any atom is 0.212 e. The molecule has 0 radical (unpaired) electrons. The van der Waals surface area contributed by atoms with Gasteiger partial charge >= 0.3 is 0 Å². The molecule has 17 heavy (non-hydrogen) atoms. The number of rotatable bonds is 2. The largest absolute Gasteiger partial charge is 0.476 e. The molecule has 3 aliphatic rings. The Kier molecular flexibility index (Phi) is 1.90. The molecule has 0 aromatic carbocycles. The molecule has 2 atom stereocenters. The van der Waals surface area contributed by atoms with E-state index in [9.17, 15) is 0 Å². The molecule has 1 aromatic rings. The van der Waals surface area contributed by atoms with Crippen LogP contribution in [0.2, 0.25) is 0 Å². The molecule has 1 aromatic heterocycles. The van der Waals surface area contributed by atoms with Gasteiger partial charge in [-0.15, -0.1) is 0 Å². The molecule has 0 amide bonds. The fourth-order valence-electron chi connectivity index (χ4n) is 3.51. The van der Waals surface area contributed by atoms with Gasteiger partial charge in [0.1, 0.15) is 6.61 Å². The molecule has 2 fully saturated rings. The van der Waals surface area contributed by atoms with Crippen LogP contribution in [-0.2, 0) is 6.54 Å². The van der Waals surface area contributed by atoms with E-state index in [0.717, 1.165) is 30.9 Å². The number of aromatic nitrogens is 2. The molecular weight excluding hydrogens is 214 g/mol. The second-order valence-electron chi connectivity index (χ2n) is 5.88. The number of hydrogen-bond donors (Lipinski definition) is 0. The Morgan fingerprint density at radius 3 is 2.76 bits per heavy atom. The SMILES string of the molecule is CC(C)N1CC2C(C1)C2c1cc2n(n1)CCO2. The molecule has 0 bridgehead atoms. The van der Waals surface area contributed by atoms with Crippen LogP contribution in [0.1, 0.15) is 25.5 Å². The summed E-state index contributed by atoms with van der Waals surface area (Å²) in [6.45, 7) is 8.82. The van der Waals surface area contributed by atoms with Crippen LogP contribution >= 0.6 is 0 Å². The first-order valence-electron chi connectivity index (χ1n) is 6.68. The minimum absolute atomic E-state index is 0.693. The number of ether oxygens (including phenoxy) is 1. The van der Waals surface area contributed by atoms with Crippen molar-refractivity contribution in [3.63, 3.8) is 0 Å². The smallest absolute Gasteiger partial charge is 0.212 e. The van der Waals surface area contributed by atoms with Gasteiger partial charge in [0.15, 0.2) is 0 Å². The molecule has 2 unspecified atom stereocenters. The van der Waals surface area contributed by atoms with Crippen molar-refractivity contribution in [1.82, 2.24) is 14.7 Å². The lowest BCUT2D eigenvalue weighted by atomic mass is 10.2. The highest BCUT2D eigenvalue weighted by molar-refractivity contribution is 5.29. The van der Waals surface area contributed by atoms with Crippen molar-refractivity contribution < 1.29 is 4.74 Å². The number of hydrogen-bond acceptors (Lipinski definition) is 3. The molecule has 92 valence electrons. The molecule has 4 nitrogen and oxygen atoms in total. The Morgan fingerprint density at radius 1 is 1.35 bits per heavy atom. The van der Waals surface area contributed by atoms with Gasteiger partial charge in [-0.1, -0.05) is 0 Å². The maximum atomic E-state index is 5.53. The summed E-state index contributed by atoms with van der Waals surface area (Å²) in [6, 6.07) is 2.86. The van der Waals surface area contributed by atoms with E-state index in [2.05, 4.69) is 29.9 Å². The van der Waals surface area contributed by atoms with Gasteiger partial charge in [0.2, 0.25) is 5.88 Å². The summed E-state index contributed by atoms with van der Waals surface area (Å²) in [7, 11) is 0. The quantitative estimate of drug-likeness (QED) is 0.772. The lowest BCUT2D eigenvalue weighted by Crippen LogP contribution is -2.31. The topological polar surface area (TPSA) is 30.3 Å². The van der Waals surface area contributed by atoms with Gasteiger partial charge in [-0.3, -0.25) is 0 Å². The molecule has 0 spiro atoms. The van der Waals surface area contributed by atoms with Crippen molar-refractivity contribution in [3.8, 4) is 5.88 Å². The fourth-order valence-corrected chi connectivity index (χ4v) is 3.51. The van der Waals surface area contributed by atoms with E-state index in [-0.39, 0.29) is 0 Å². The van der Waals surface area contributed by atoms with Crippen LogP contribution in [0.5, 0.6) is 5.88 Å². The molecule has 4 rings (SSSR count). The summed E-state index contributed by atoms with van der Waals surface area (Å²) in [5, 5.41) is 4.68. The lowest BCUT2D eigenvalue weighted by Gasteiger charge is -2.23. The zero-order valence-corrected chi connectivity index (χ0v) is 10.5. The van der Waals surface area contributed by atoms with Gasteiger partial charge in [0, 0.05) is 31.1 Å². The Labute approximate surface area is 102 Å². The molecule has 2 aliphatic heterocycles. The van der Waals surface area contributed by atoms with E-state index in [1.54, 1.807) is 0 Å². The van der Waals surface area contributed by atoms with Crippen LogP contribution in [-0.4, -0.2) is 40.4 Å². The van der Waals surface area contributed by atoms with Crippen molar-refractivity contribution in [2.45, 2.75) is 32.4 Å². The second kappa shape index (κ2) is 3.25. The summed E-state index contributed by atoms with van der Waals surface area (Å²) < 4.78 is 7.55. The molecule has 3 heterocycles. The summed E-state index contributed by atoms with van der Waals surface area (Å²) >= 11 is 0.